The molecule has 2 aromatic heterocycles. The van der Waals surface area contributed by atoms with E-state index in [1.807, 2.05) is 48.5 Å². The number of aromatic nitrogens is 2. The van der Waals surface area contributed by atoms with Gasteiger partial charge >= 0.3 is 0 Å². The van der Waals surface area contributed by atoms with Gasteiger partial charge in [0.1, 0.15) is 17.7 Å². The lowest BCUT2D eigenvalue weighted by Crippen LogP contribution is -2.55. The number of carbonyl (C=O) groups excluding carboxylic acids is 2. The molecule has 0 aliphatic carbocycles. The van der Waals surface area contributed by atoms with E-state index in [9.17, 15) is 9.59 Å². The molecule has 2 amide bonds. The first kappa shape index (κ1) is 22.1. The molecule has 4 aromatic rings. The van der Waals surface area contributed by atoms with Crippen molar-refractivity contribution in [3.8, 4) is 29.2 Å². The van der Waals surface area contributed by atoms with E-state index in [4.69, 9.17) is 11.2 Å². The molecule has 1 fully saturated rings. The Labute approximate surface area is 202 Å². The van der Waals surface area contributed by atoms with E-state index in [1.165, 1.54) is 6.92 Å². The van der Waals surface area contributed by atoms with Crippen LogP contribution in [0.5, 0.6) is 5.75 Å². The molecule has 0 radical (unpaired) electrons. The molecular formula is C28H22N4O3. The molecule has 3 heterocycles. The molecule has 0 spiro atoms. The highest BCUT2D eigenvalue weighted by molar-refractivity contribution is 6.04. The van der Waals surface area contributed by atoms with Crippen LogP contribution < -0.4 is 10.1 Å². The summed E-state index contributed by atoms with van der Waals surface area (Å²) < 4.78 is 6.23. The standard InChI is InChI=1S/C28H22N4O3/c1-3-19-6-8-20(9-7-19)24-12-10-22(15-25(24)35-23-16-32(17-23)18(2)33)28(34)31-26-13-11-21-5-4-14-29-27(21)30-26/h1,4-15,23H,16-17H2,2H3,(H,29,30,31,34). The van der Waals surface area contributed by atoms with E-state index in [0.29, 0.717) is 35.9 Å². The van der Waals surface area contributed by atoms with Crippen molar-refractivity contribution in [1.29, 1.82) is 0 Å². The molecule has 5 rings (SSSR count). The number of fused-ring (bicyclic) bond motifs is 1. The summed E-state index contributed by atoms with van der Waals surface area (Å²) in [5, 5.41) is 3.72. The van der Waals surface area contributed by atoms with Crippen molar-refractivity contribution >= 4 is 28.7 Å². The normalized spacial score (nSPS) is 13.1. The minimum atomic E-state index is -0.314. The Bertz CT molecular complexity index is 1470. The maximum absolute atomic E-state index is 13.0. The van der Waals surface area contributed by atoms with Gasteiger partial charge in [-0.25, -0.2) is 9.97 Å². The van der Waals surface area contributed by atoms with Crippen LogP contribution >= 0.6 is 0 Å². The fraction of sp³-hybridized carbons (Fsp3) is 0.143. The predicted molar refractivity (Wildman–Crippen MR) is 134 cm³/mol. The van der Waals surface area contributed by atoms with Gasteiger partial charge in [0.2, 0.25) is 5.91 Å². The summed E-state index contributed by atoms with van der Waals surface area (Å²) in [6.07, 6.45) is 7.00. The second-order valence-corrected chi connectivity index (χ2v) is 8.30. The Morgan fingerprint density at radius 2 is 1.89 bits per heavy atom. The number of likely N-dealkylation sites (tertiary alicyclic amines) is 1. The van der Waals surface area contributed by atoms with Crippen molar-refractivity contribution in [3.63, 3.8) is 0 Å². The average molecular weight is 463 g/mol. The highest BCUT2D eigenvalue weighted by atomic mass is 16.5. The van der Waals surface area contributed by atoms with Gasteiger partial charge in [-0.2, -0.15) is 0 Å². The molecule has 2 aromatic carbocycles. The van der Waals surface area contributed by atoms with Crippen LogP contribution in [0.2, 0.25) is 0 Å². The molecule has 1 aliphatic heterocycles. The molecule has 1 aliphatic rings. The van der Waals surface area contributed by atoms with Crippen molar-refractivity contribution < 1.29 is 14.3 Å². The molecule has 172 valence electrons. The zero-order valence-electron chi connectivity index (χ0n) is 19.1. The van der Waals surface area contributed by atoms with Gasteiger partial charge in [0.25, 0.3) is 5.91 Å². The summed E-state index contributed by atoms with van der Waals surface area (Å²) in [6, 6.07) is 20.2. The van der Waals surface area contributed by atoms with Crippen molar-refractivity contribution in [3.05, 3.63) is 84.1 Å². The first-order valence-electron chi connectivity index (χ1n) is 11.2. The Kier molecular flexibility index (Phi) is 5.86. The molecule has 7 nitrogen and oxygen atoms in total. The maximum Gasteiger partial charge on any atom is 0.256 e. The fourth-order valence-corrected chi connectivity index (χ4v) is 3.91. The van der Waals surface area contributed by atoms with Crippen molar-refractivity contribution in [1.82, 2.24) is 14.9 Å². The minimum absolute atomic E-state index is 0.0143. The Morgan fingerprint density at radius 1 is 1.09 bits per heavy atom. The third kappa shape index (κ3) is 4.68. The lowest BCUT2D eigenvalue weighted by molar-refractivity contribution is -0.137. The Morgan fingerprint density at radius 3 is 2.63 bits per heavy atom. The number of terminal acetylenes is 1. The summed E-state index contributed by atoms with van der Waals surface area (Å²) in [5.74, 6) is 3.29. The first-order valence-corrected chi connectivity index (χ1v) is 11.2. The zero-order valence-corrected chi connectivity index (χ0v) is 19.1. The van der Waals surface area contributed by atoms with Crippen LogP contribution in [0.25, 0.3) is 22.2 Å². The number of nitrogens with one attached hydrogen (secondary N) is 1. The number of carbonyl (C=O) groups is 2. The quantitative estimate of drug-likeness (QED) is 0.451. The lowest BCUT2D eigenvalue weighted by atomic mass is 10.0. The number of rotatable bonds is 5. The van der Waals surface area contributed by atoms with Gasteiger partial charge in [0, 0.05) is 35.2 Å². The molecule has 1 N–H and O–H groups in total. The molecule has 1 saturated heterocycles. The van der Waals surface area contributed by atoms with Crippen LogP contribution in [0.3, 0.4) is 0 Å². The number of nitrogens with zero attached hydrogens (tertiary/aromatic N) is 3. The summed E-state index contributed by atoms with van der Waals surface area (Å²) >= 11 is 0. The van der Waals surface area contributed by atoms with Crippen LogP contribution in [0, 0.1) is 12.3 Å². The monoisotopic (exact) mass is 462 g/mol. The predicted octanol–water partition coefficient (Wildman–Crippen LogP) is 4.14. The molecular weight excluding hydrogens is 440 g/mol. The number of pyridine rings is 2. The van der Waals surface area contributed by atoms with Crippen LogP contribution in [0.4, 0.5) is 5.82 Å². The van der Waals surface area contributed by atoms with E-state index in [0.717, 1.165) is 22.1 Å². The van der Waals surface area contributed by atoms with Crippen molar-refractivity contribution in [2.45, 2.75) is 13.0 Å². The number of hydrogen-bond donors (Lipinski definition) is 1. The highest BCUT2D eigenvalue weighted by Crippen LogP contribution is 2.33. The average Bonchev–Trinajstić information content (AvgIpc) is 2.85. The van der Waals surface area contributed by atoms with Gasteiger partial charge in [-0.15, -0.1) is 6.42 Å². The summed E-state index contributed by atoms with van der Waals surface area (Å²) in [7, 11) is 0. The lowest BCUT2D eigenvalue weighted by Gasteiger charge is -2.38. The molecule has 35 heavy (non-hydrogen) atoms. The van der Waals surface area contributed by atoms with Crippen LogP contribution in [-0.2, 0) is 4.79 Å². The number of ether oxygens (including phenoxy) is 1. The van der Waals surface area contributed by atoms with Gasteiger partial charge in [-0.1, -0.05) is 18.1 Å². The van der Waals surface area contributed by atoms with E-state index < -0.39 is 0 Å². The second-order valence-electron chi connectivity index (χ2n) is 8.30. The van der Waals surface area contributed by atoms with Gasteiger partial charge < -0.3 is 15.0 Å². The molecule has 7 heteroatoms. The number of anilines is 1. The van der Waals surface area contributed by atoms with Gasteiger partial charge in [0.15, 0.2) is 5.65 Å². The second kappa shape index (κ2) is 9.27. The van der Waals surface area contributed by atoms with Crippen LogP contribution in [0.15, 0.2) is 72.9 Å². The van der Waals surface area contributed by atoms with Crippen molar-refractivity contribution in [2.75, 3.05) is 18.4 Å². The molecule has 0 saturated carbocycles. The summed E-state index contributed by atoms with van der Waals surface area (Å²) in [6.45, 7) is 2.56. The maximum atomic E-state index is 13.0. The van der Waals surface area contributed by atoms with Crippen molar-refractivity contribution in [2.24, 2.45) is 0 Å². The van der Waals surface area contributed by atoms with Crippen LogP contribution in [-0.4, -0.2) is 45.9 Å². The van der Waals surface area contributed by atoms with E-state index >= 15 is 0 Å². The third-order valence-electron chi connectivity index (χ3n) is 5.90. The van der Waals surface area contributed by atoms with E-state index in [-0.39, 0.29) is 17.9 Å². The van der Waals surface area contributed by atoms with Gasteiger partial charge in [-0.3, -0.25) is 9.59 Å². The Balaban J connectivity index is 1.42. The molecule has 0 atom stereocenters. The first-order chi connectivity index (χ1) is 17.0. The zero-order chi connectivity index (χ0) is 24.4. The number of benzene rings is 2. The minimum Gasteiger partial charge on any atom is -0.486 e. The smallest absolute Gasteiger partial charge is 0.256 e. The van der Waals surface area contributed by atoms with E-state index in [2.05, 4.69) is 21.2 Å². The highest BCUT2D eigenvalue weighted by Gasteiger charge is 2.31. The summed E-state index contributed by atoms with van der Waals surface area (Å²) in [5.41, 5.74) is 3.51. The topological polar surface area (TPSA) is 84.4 Å². The molecule has 0 bridgehead atoms. The Hall–Kier alpha value is -4.70. The van der Waals surface area contributed by atoms with Gasteiger partial charge in [-0.05, 0) is 60.2 Å². The summed E-state index contributed by atoms with van der Waals surface area (Å²) in [4.78, 5) is 35.0. The largest absolute Gasteiger partial charge is 0.486 e. The molecule has 0 unspecified atom stereocenters. The van der Waals surface area contributed by atoms with Crippen LogP contribution in [0.1, 0.15) is 22.8 Å². The fourth-order valence-electron chi connectivity index (χ4n) is 3.91. The SMILES string of the molecule is C#Cc1ccc(-c2ccc(C(=O)Nc3ccc4cccnc4n3)cc2OC2CN(C(C)=O)C2)cc1. The third-order valence-corrected chi connectivity index (χ3v) is 5.90. The number of amides is 2. The number of hydrogen-bond acceptors (Lipinski definition) is 5. The van der Waals surface area contributed by atoms with Gasteiger partial charge in [0.05, 0.1) is 13.1 Å². The van der Waals surface area contributed by atoms with E-state index in [1.54, 1.807) is 29.3 Å².